The van der Waals surface area contributed by atoms with Crippen molar-refractivity contribution in [2.45, 2.75) is 247 Å². The second-order valence-corrected chi connectivity index (χ2v) is 30.4. The van der Waals surface area contributed by atoms with Gasteiger partial charge in [0.1, 0.15) is 30.5 Å². The van der Waals surface area contributed by atoms with E-state index in [0.29, 0.717) is 32.2 Å². The van der Waals surface area contributed by atoms with E-state index in [4.69, 9.17) is 52.1 Å². The number of carbonyl (C=O) groups excluding carboxylic acids is 1. The highest BCUT2D eigenvalue weighted by atomic mass is 16.8. The van der Waals surface area contributed by atoms with Crippen LogP contribution < -0.4 is 0 Å². The summed E-state index contributed by atoms with van der Waals surface area (Å²) < 4.78 is 75.3. The average molecular weight is 1210 g/mol. The van der Waals surface area contributed by atoms with Gasteiger partial charge in [0.05, 0.1) is 62.8 Å². The van der Waals surface area contributed by atoms with E-state index in [-0.39, 0.29) is 64.9 Å². The van der Waals surface area contributed by atoms with Crippen LogP contribution in [0, 0.1) is 68.5 Å². The molecule has 3 aromatic rings. The van der Waals surface area contributed by atoms with Gasteiger partial charge in [0.25, 0.3) is 0 Å². The number of fused-ring (bicyclic) bond motifs is 8. The summed E-state index contributed by atoms with van der Waals surface area (Å²) in [6.45, 7) is 28.8. The standard InChI is InChI=1S/C73H101N3O12/c1-44-30-32-70(10)52(45(44)2)31-33-72(12)57(70)29-28-53-54-38-68(6,7)34-36-73(54,37-35-71(53,72)11)67(77)86-65-60(46(3)58(75-76-74)55(83-65)42-78-39-49-22-16-13-17-23-49)84-66-63-62(87-69(8,9)88-63)61(48(5)82-66)85-64-47(4)59(80-41-51-26-20-15-21-27-51)56(43-81-64)79-40-50-24-18-14-19-25-50/h13-28,44-48,52,54-66H,29-43H2,1-12H3/t44-,45?,46?,47?,48?,52-,54?,55?,56+,57?,58+,59?,60?,61-,62?,63?,64-,65-,66-,70?,71+,72+,73-/m0/s1. The molecule has 9 aliphatic rings. The number of rotatable bonds is 17. The number of allylic oxidation sites excluding steroid dienone is 2. The molecule has 12 unspecified atom stereocenters. The van der Waals surface area contributed by atoms with Crippen LogP contribution in [0.15, 0.2) is 108 Å². The van der Waals surface area contributed by atoms with E-state index in [1.165, 1.54) is 31.3 Å². The third-order valence-corrected chi connectivity index (χ3v) is 24.4. The average Bonchev–Trinajstić information content (AvgIpc) is 0.778. The first kappa shape index (κ1) is 63.9. The number of hydrogen-bond donors (Lipinski definition) is 0. The number of azide groups is 1. The Balaban J connectivity index is 0.818. The molecule has 23 atom stereocenters. The van der Waals surface area contributed by atoms with Crippen molar-refractivity contribution in [2.24, 2.45) is 73.6 Å². The lowest BCUT2D eigenvalue weighted by molar-refractivity contribution is -0.353. The Labute approximate surface area is 523 Å². The predicted octanol–water partition coefficient (Wildman–Crippen LogP) is 15.0. The molecule has 480 valence electrons. The molecule has 8 fully saturated rings. The van der Waals surface area contributed by atoms with Crippen molar-refractivity contribution in [2.75, 3.05) is 13.2 Å². The number of carbonyl (C=O) groups is 1. The highest BCUT2D eigenvalue weighted by Crippen LogP contribution is 2.75. The summed E-state index contributed by atoms with van der Waals surface area (Å²) >= 11 is 0. The molecule has 12 rings (SSSR count). The number of esters is 1. The van der Waals surface area contributed by atoms with E-state index in [2.05, 4.69) is 95.8 Å². The molecule has 4 saturated heterocycles. The quantitative estimate of drug-likeness (QED) is 0.0413. The van der Waals surface area contributed by atoms with Gasteiger partial charge in [-0.2, -0.15) is 0 Å². The SMILES string of the molecule is CC1C(OCc2ccccc2)[C@H](OCc2ccccc2)CO[C@H]1O[C@H]1C(C)O[C@@H](OC2C(C)[C@@H](N=[N+]=[N-])C(COCc3ccccc3)O[C@H]2OC(=O)[C@]23CCC(C)(C)CC2C2=CCC4C5(C)CC[C@H](C)C(C)[C@@H]5CC[C@@]4(C)[C@]2(C)CC3)C2OC(C)(C)OC21. The highest BCUT2D eigenvalue weighted by Gasteiger charge is 2.69. The molecular formula is C73H101N3O12. The molecule has 0 radical (unpaired) electrons. The van der Waals surface area contributed by atoms with Gasteiger partial charge in [-0.1, -0.05) is 170 Å². The number of benzene rings is 3. The molecular weight excluding hydrogens is 1110 g/mol. The van der Waals surface area contributed by atoms with Crippen molar-refractivity contribution >= 4 is 5.97 Å². The van der Waals surface area contributed by atoms with Crippen LogP contribution in [-0.4, -0.2) is 98.7 Å². The largest absolute Gasteiger partial charge is 0.432 e. The van der Waals surface area contributed by atoms with Crippen LogP contribution in [0.5, 0.6) is 0 Å². The van der Waals surface area contributed by atoms with Crippen molar-refractivity contribution in [1.82, 2.24) is 0 Å². The first-order chi connectivity index (χ1) is 42.1. The monoisotopic (exact) mass is 1210 g/mol. The van der Waals surface area contributed by atoms with E-state index in [0.717, 1.165) is 66.5 Å². The molecule has 3 aromatic carbocycles. The fourth-order valence-corrected chi connectivity index (χ4v) is 18.8. The molecule has 4 aliphatic heterocycles. The Morgan fingerprint density at radius 3 is 1.98 bits per heavy atom. The maximum atomic E-state index is 16.2. The smallest absolute Gasteiger partial charge is 0.315 e. The Kier molecular flexibility index (Phi) is 18.4. The second-order valence-electron chi connectivity index (χ2n) is 30.4. The number of nitrogens with zero attached hydrogens (tertiary/aromatic N) is 3. The first-order valence-corrected chi connectivity index (χ1v) is 33.5. The van der Waals surface area contributed by atoms with Crippen LogP contribution in [-0.2, 0) is 76.7 Å². The van der Waals surface area contributed by atoms with Crippen molar-refractivity contribution in [3.05, 3.63) is 130 Å². The van der Waals surface area contributed by atoms with Crippen molar-refractivity contribution in [3.63, 3.8) is 0 Å². The van der Waals surface area contributed by atoms with E-state index in [9.17, 15) is 5.53 Å². The van der Waals surface area contributed by atoms with Gasteiger partial charge in [-0.05, 0) is 164 Å². The van der Waals surface area contributed by atoms with Crippen molar-refractivity contribution < 1.29 is 56.9 Å². The summed E-state index contributed by atoms with van der Waals surface area (Å²) in [6, 6.07) is 29.4. The van der Waals surface area contributed by atoms with Gasteiger partial charge in [0.2, 0.25) is 6.29 Å². The Morgan fingerprint density at radius 1 is 0.659 bits per heavy atom. The lowest BCUT2D eigenvalue weighted by Gasteiger charge is -2.70. The van der Waals surface area contributed by atoms with Crippen LogP contribution in [0.4, 0.5) is 0 Å². The summed E-state index contributed by atoms with van der Waals surface area (Å²) in [4.78, 5) is 19.5. The van der Waals surface area contributed by atoms with Gasteiger partial charge >= 0.3 is 5.97 Å². The zero-order chi connectivity index (χ0) is 62.0. The lowest BCUT2D eigenvalue weighted by atomic mass is 9.34. The molecule has 0 amide bonds. The lowest BCUT2D eigenvalue weighted by Crippen LogP contribution is -2.64. The third kappa shape index (κ3) is 12.0. The second kappa shape index (κ2) is 25.4. The summed E-state index contributed by atoms with van der Waals surface area (Å²) in [7, 11) is 0. The minimum Gasteiger partial charge on any atom is -0.432 e. The third-order valence-electron chi connectivity index (χ3n) is 24.4. The molecule has 15 nitrogen and oxygen atoms in total. The van der Waals surface area contributed by atoms with Crippen LogP contribution in [0.1, 0.15) is 164 Å². The fraction of sp³-hybridized carbons (Fsp3) is 0.712. The van der Waals surface area contributed by atoms with E-state index >= 15 is 4.79 Å². The van der Waals surface area contributed by atoms with Crippen molar-refractivity contribution in [3.8, 4) is 0 Å². The summed E-state index contributed by atoms with van der Waals surface area (Å²) in [5.41, 5.74) is 14.4. The Bertz CT molecular complexity index is 2960. The zero-order valence-electron chi connectivity index (χ0n) is 54.6. The molecule has 4 heterocycles. The van der Waals surface area contributed by atoms with E-state index in [1.807, 2.05) is 94.4 Å². The van der Waals surface area contributed by atoms with Gasteiger partial charge < -0.3 is 52.1 Å². The number of hydrogen-bond acceptors (Lipinski definition) is 13. The molecule has 0 bridgehead atoms. The van der Waals surface area contributed by atoms with Crippen LogP contribution in [0.25, 0.3) is 10.4 Å². The van der Waals surface area contributed by atoms with Gasteiger partial charge in [-0.25, -0.2) is 0 Å². The first-order valence-electron chi connectivity index (χ1n) is 33.5. The normalized spacial score (nSPS) is 43.3. The predicted molar refractivity (Wildman–Crippen MR) is 333 cm³/mol. The summed E-state index contributed by atoms with van der Waals surface area (Å²) in [5, 5.41) is 4.38. The highest BCUT2D eigenvalue weighted by molar-refractivity contribution is 5.79. The number of ether oxygens (including phenoxy) is 11. The van der Waals surface area contributed by atoms with Crippen LogP contribution >= 0.6 is 0 Å². The van der Waals surface area contributed by atoms with Gasteiger partial charge in [0.15, 0.2) is 18.4 Å². The maximum absolute atomic E-state index is 16.2. The van der Waals surface area contributed by atoms with Gasteiger partial charge in [-0.3, -0.25) is 4.79 Å². The maximum Gasteiger partial charge on any atom is 0.315 e. The molecule has 15 heteroatoms. The zero-order valence-corrected chi connectivity index (χ0v) is 54.6. The van der Waals surface area contributed by atoms with E-state index < -0.39 is 78.7 Å². The summed E-state index contributed by atoms with van der Waals surface area (Å²) in [5.74, 6) is 0.658. The summed E-state index contributed by atoms with van der Waals surface area (Å²) in [6.07, 6.45) is 4.67. The minimum atomic E-state index is -1.23. The molecule has 0 aromatic heterocycles. The van der Waals surface area contributed by atoms with E-state index in [1.54, 1.807) is 0 Å². The minimum absolute atomic E-state index is 0.00168. The Hall–Kier alpha value is -4.22. The van der Waals surface area contributed by atoms with Crippen LogP contribution in [0.2, 0.25) is 0 Å². The topological polar surface area (TPSA) is 167 Å². The van der Waals surface area contributed by atoms with Crippen molar-refractivity contribution in [1.29, 1.82) is 0 Å². The van der Waals surface area contributed by atoms with Crippen LogP contribution in [0.3, 0.4) is 0 Å². The molecule has 88 heavy (non-hydrogen) atoms. The molecule has 4 saturated carbocycles. The van der Waals surface area contributed by atoms with Gasteiger partial charge in [0, 0.05) is 10.8 Å². The fourth-order valence-electron chi connectivity index (χ4n) is 18.8. The van der Waals surface area contributed by atoms with Gasteiger partial charge in [-0.15, -0.1) is 0 Å². The Morgan fingerprint density at radius 2 is 1.30 bits per heavy atom. The molecule has 0 spiro atoms. The molecule has 0 N–H and O–H groups in total. The molecule has 5 aliphatic carbocycles.